The van der Waals surface area contributed by atoms with E-state index in [2.05, 4.69) is 17.6 Å². The van der Waals surface area contributed by atoms with E-state index in [0.717, 1.165) is 25.9 Å². The minimum Gasteiger partial charge on any atom is -0.383 e. The quantitative estimate of drug-likeness (QED) is 0.401. The van der Waals surface area contributed by atoms with E-state index in [9.17, 15) is 19.7 Å². The molecule has 2 N–H and O–H groups in total. The molecule has 1 atom stereocenters. The molecule has 148 valence electrons. The molecular weight excluding hydrogens is 352 g/mol. The molecule has 27 heavy (non-hydrogen) atoms. The second-order valence-electron chi connectivity index (χ2n) is 6.68. The number of methoxy groups -OCH3 is 1. The normalized spacial score (nSPS) is 16.7. The smallest absolute Gasteiger partial charge is 0.293 e. The third-order valence-electron chi connectivity index (χ3n) is 4.47. The summed E-state index contributed by atoms with van der Waals surface area (Å²) in [7, 11) is 1.52. The third-order valence-corrected chi connectivity index (χ3v) is 4.47. The zero-order valence-corrected chi connectivity index (χ0v) is 15.7. The number of carbonyl (C=O) groups is 2. The third kappa shape index (κ3) is 5.92. The zero-order valence-electron chi connectivity index (χ0n) is 15.7. The van der Waals surface area contributed by atoms with Crippen molar-refractivity contribution in [2.75, 3.05) is 44.8 Å². The van der Waals surface area contributed by atoms with Gasteiger partial charge < -0.3 is 20.3 Å². The fraction of sp³-hybridized carbons (Fsp3) is 0.556. The zero-order chi connectivity index (χ0) is 19.8. The highest BCUT2D eigenvalue weighted by molar-refractivity contribution is 5.97. The summed E-state index contributed by atoms with van der Waals surface area (Å²) in [5.41, 5.74) is 0.585. The summed E-state index contributed by atoms with van der Waals surface area (Å²) in [5, 5.41) is 16.6. The Hall–Kier alpha value is -2.68. The van der Waals surface area contributed by atoms with E-state index < -0.39 is 10.8 Å². The van der Waals surface area contributed by atoms with Gasteiger partial charge in [0.25, 0.3) is 11.6 Å². The second kappa shape index (κ2) is 9.86. The molecule has 0 unspecified atom stereocenters. The van der Waals surface area contributed by atoms with E-state index in [1.54, 1.807) is 12.1 Å². The summed E-state index contributed by atoms with van der Waals surface area (Å²) in [6.07, 6.45) is 2.09. The van der Waals surface area contributed by atoms with Crippen LogP contribution in [0, 0.1) is 16.0 Å². The molecule has 1 aromatic rings. The molecule has 1 aromatic carbocycles. The molecule has 9 heteroatoms. The number of nitrogens with zero attached hydrogens (tertiary/aromatic N) is 2. The number of benzene rings is 1. The highest BCUT2D eigenvalue weighted by Gasteiger charge is 2.25. The van der Waals surface area contributed by atoms with Crippen molar-refractivity contribution in [1.82, 2.24) is 10.6 Å². The van der Waals surface area contributed by atoms with Gasteiger partial charge in [-0.3, -0.25) is 19.7 Å². The molecule has 1 saturated heterocycles. The standard InChI is InChI=1S/C18H26N4O5/c1-13-4-3-8-21(12-13)15-6-5-14(10-16(15)22(25)26)18(24)20-11-17(23)19-7-9-27-2/h5-6,10,13H,3-4,7-9,11-12H2,1-2H3,(H,19,23)(H,20,24)/t13-/m0/s1. The number of carbonyl (C=O) groups excluding carboxylic acids is 2. The van der Waals surface area contributed by atoms with Crippen LogP contribution < -0.4 is 15.5 Å². The fourth-order valence-electron chi connectivity index (χ4n) is 3.10. The van der Waals surface area contributed by atoms with Gasteiger partial charge in [0.1, 0.15) is 5.69 Å². The van der Waals surface area contributed by atoms with Gasteiger partial charge in [-0.25, -0.2) is 0 Å². The predicted molar refractivity (Wildman–Crippen MR) is 101 cm³/mol. The Balaban J connectivity index is 2.05. The number of amides is 2. The van der Waals surface area contributed by atoms with Gasteiger partial charge in [-0.05, 0) is 30.9 Å². The molecular formula is C18H26N4O5. The Kier molecular flexibility index (Phi) is 7.54. The minimum absolute atomic E-state index is 0.0960. The molecule has 1 heterocycles. The van der Waals surface area contributed by atoms with Crippen molar-refractivity contribution >= 4 is 23.2 Å². The van der Waals surface area contributed by atoms with Crippen molar-refractivity contribution in [2.45, 2.75) is 19.8 Å². The lowest BCUT2D eigenvalue weighted by Crippen LogP contribution is -2.38. The molecule has 0 saturated carbocycles. The van der Waals surface area contributed by atoms with Gasteiger partial charge in [0.2, 0.25) is 5.91 Å². The first-order chi connectivity index (χ1) is 12.9. The Bertz CT molecular complexity index is 694. The van der Waals surface area contributed by atoms with Crippen molar-refractivity contribution in [3.63, 3.8) is 0 Å². The van der Waals surface area contributed by atoms with Gasteiger partial charge in [0.15, 0.2) is 0 Å². The van der Waals surface area contributed by atoms with Crippen molar-refractivity contribution < 1.29 is 19.2 Å². The topological polar surface area (TPSA) is 114 Å². The molecule has 0 bridgehead atoms. The van der Waals surface area contributed by atoms with Crippen molar-refractivity contribution in [1.29, 1.82) is 0 Å². The van der Waals surface area contributed by atoms with Crippen LogP contribution in [0.3, 0.4) is 0 Å². The van der Waals surface area contributed by atoms with Gasteiger partial charge >= 0.3 is 0 Å². The lowest BCUT2D eigenvalue weighted by molar-refractivity contribution is -0.384. The van der Waals surface area contributed by atoms with Crippen molar-refractivity contribution in [3.05, 3.63) is 33.9 Å². The van der Waals surface area contributed by atoms with E-state index >= 15 is 0 Å². The molecule has 0 aromatic heterocycles. The van der Waals surface area contributed by atoms with Gasteiger partial charge in [-0.2, -0.15) is 0 Å². The molecule has 1 aliphatic rings. The Morgan fingerprint density at radius 1 is 1.37 bits per heavy atom. The second-order valence-corrected chi connectivity index (χ2v) is 6.68. The fourth-order valence-corrected chi connectivity index (χ4v) is 3.10. The summed E-state index contributed by atoms with van der Waals surface area (Å²) >= 11 is 0. The highest BCUT2D eigenvalue weighted by Crippen LogP contribution is 2.32. The molecule has 0 spiro atoms. The molecule has 2 amide bonds. The van der Waals surface area contributed by atoms with E-state index in [-0.39, 0.29) is 23.7 Å². The maximum Gasteiger partial charge on any atom is 0.293 e. The number of nitro benzene ring substituents is 1. The summed E-state index contributed by atoms with van der Waals surface area (Å²) < 4.78 is 4.82. The van der Waals surface area contributed by atoms with E-state index in [1.165, 1.54) is 13.2 Å². The average Bonchev–Trinajstić information content (AvgIpc) is 2.65. The summed E-state index contributed by atoms with van der Waals surface area (Å²) in [5.74, 6) is -0.412. The first-order valence-electron chi connectivity index (χ1n) is 8.99. The molecule has 2 rings (SSSR count). The number of ether oxygens (including phenoxy) is 1. The van der Waals surface area contributed by atoms with Crippen molar-refractivity contribution in [3.8, 4) is 0 Å². The van der Waals surface area contributed by atoms with Crippen LogP contribution in [-0.2, 0) is 9.53 Å². The highest BCUT2D eigenvalue weighted by atomic mass is 16.6. The lowest BCUT2D eigenvalue weighted by Gasteiger charge is -2.32. The SMILES string of the molecule is COCCNC(=O)CNC(=O)c1ccc(N2CCC[C@H](C)C2)c([N+](=O)[O-])c1. The Morgan fingerprint density at radius 2 is 2.15 bits per heavy atom. The lowest BCUT2D eigenvalue weighted by atomic mass is 9.99. The van der Waals surface area contributed by atoms with Crippen LogP contribution in [0.1, 0.15) is 30.1 Å². The van der Waals surface area contributed by atoms with Crippen LogP contribution in [-0.4, -0.2) is 56.6 Å². The molecule has 1 fully saturated rings. The average molecular weight is 378 g/mol. The molecule has 1 aliphatic heterocycles. The van der Waals surface area contributed by atoms with E-state index in [1.807, 2.05) is 4.90 Å². The first kappa shape index (κ1) is 20.6. The van der Waals surface area contributed by atoms with Crippen LogP contribution in [0.5, 0.6) is 0 Å². The monoisotopic (exact) mass is 378 g/mol. The van der Waals surface area contributed by atoms with Crippen molar-refractivity contribution in [2.24, 2.45) is 5.92 Å². The summed E-state index contributed by atoms with van der Waals surface area (Å²) in [4.78, 5) is 36.9. The van der Waals surface area contributed by atoms with Crippen LogP contribution in [0.15, 0.2) is 18.2 Å². The maximum absolute atomic E-state index is 12.2. The number of anilines is 1. The number of hydrogen-bond acceptors (Lipinski definition) is 6. The summed E-state index contributed by atoms with van der Waals surface area (Å²) in [6, 6.07) is 4.44. The number of rotatable bonds is 8. The Labute approximate surface area is 158 Å². The van der Waals surface area contributed by atoms with Gasteiger partial charge in [-0.15, -0.1) is 0 Å². The largest absolute Gasteiger partial charge is 0.383 e. The Morgan fingerprint density at radius 3 is 2.81 bits per heavy atom. The van der Waals surface area contributed by atoms with Gasteiger partial charge in [-0.1, -0.05) is 6.92 Å². The number of hydrogen-bond donors (Lipinski definition) is 2. The van der Waals surface area contributed by atoms with E-state index in [4.69, 9.17) is 4.74 Å². The number of nitro groups is 1. The predicted octanol–water partition coefficient (Wildman–Crippen LogP) is 1.32. The van der Waals surface area contributed by atoms with Gasteiger partial charge in [0, 0.05) is 38.4 Å². The first-order valence-corrected chi connectivity index (χ1v) is 8.99. The molecule has 0 radical (unpaired) electrons. The van der Waals surface area contributed by atoms with Crippen LogP contribution in [0.2, 0.25) is 0 Å². The van der Waals surface area contributed by atoms with E-state index in [0.29, 0.717) is 24.8 Å². The molecule has 0 aliphatic carbocycles. The minimum atomic E-state index is -0.529. The molecule has 9 nitrogen and oxygen atoms in total. The maximum atomic E-state index is 12.2. The summed E-state index contributed by atoms with van der Waals surface area (Å²) in [6.45, 7) is 4.16. The van der Waals surface area contributed by atoms with Crippen LogP contribution in [0.4, 0.5) is 11.4 Å². The van der Waals surface area contributed by atoms with Crippen LogP contribution in [0.25, 0.3) is 0 Å². The number of piperidine rings is 1. The number of nitrogens with one attached hydrogen (secondary N) is 2. The van der Waals surface area contributed by atoms with Gasteiger partial charge in [0.05, 0.1) is 18.1 Å². The van der Waals surface area contributed by atoms with Crippen LogP contribution >= 0.6 is 0 Å².